The summed E-state index contributed by atoms with van der Waals surface area (Å²) in [5.41, 5.74) is 2.62. The molecule has 4 N–H and O–H groups in total. The Morgan fingerprint density at radius 3 is 2.21 bits per heavy atom. The van der Waals surface area contributed by atoms with E-state index in [0.717, 1.165) is 30.8 Å². The Balaban J connectivity index is 2.54. The molecule has 34 heavy (non-hydrogen) atoms. The van der Waals surface area contributed by atoms with Gasteiger partial charge in [0, 0.05) is 24.8 Å². The minimum absolute atomic E-state index is 0.0813. The van der Waals surface area contributed by atoms with Crippen molar-refractivity contribution in [3.8, 4) is 11.5 Å². The lowest BCUT2D eigenvalue weighted by Gasteiger charge is -2.27. The minimum atomic E-state index is -0.600. The lowest BCUT2D eigenvalue weighted by Crippen LogP contribution is -2.46. The third-order valence-corrected chi connectivity index (χ3v) is 5.72. The number of benzene rings is 2. The molecular weight excluding hydrogens is 430 g/mol. The summed E-state index contributed by atoms with van der Waals surface area (Å²) < 4.78 is 5.39. The maximum Gasteiger partial charge on any atom is 0.287 e. The average Bonchev–Trinajstić information content (AvgIpc) is 2.82. The van der Waals surface area contributed by atoms with Crippen LogP contribution in [0.3, 0.4) is 0 Å². The number of phenols is 1. The standard InChI is InChI=1S/C26H37N5O3/c1-7-29-26(33)25(28)31(19-12-10-18(11-13-19)16-30(8-2)9-3)24(27)21-14-20(17(4)5)23(34-6)15-22(21)32/h10-15,17,27-28,32H,7-9,16H2,1-6H3,(H,29,33). The summed E-state index contributed by atoms with van der Waals surface area (Å²) in [5.74, 6) is -0.720. The van der Waals surface area contributed by atoms with Crippen LogP contribution in [0.5, 0.6) is 11.5 Å². The van der Waals surface area contributed by atoms with Crippen molar-refractivity contribution < 1.29 is 14.6 Å². The van der Waals surface area contributed by atoms with Crippen molar-refractivity contribution in [3.63, 3.8) is 0 Å². The number of anilines is 1. The fraction of sp³-hybridized carbons (Fsp3) is 0.423. The minimum Gasteiger partial charge on any atom is -0.507 e. The third-order valence-electron chi connectivity index (χ3n) is 5.72. The fourth-order valence-electron chi connectivity index (χ4n) is 3.70. The van der Waals surface area contributed by atoms with Crippen LogP contribution in [-0.4, -0.2) is 54.3 Å². The zero-order valence-electron chi connectivity index (χ0n) is 21.0. The van der Waals surface area contributed by atoms with E-state index >= 15 is 0 Å². The zero-order valence-corrected chi connectivity index (χ0v) is 21.0. The number of hydrogen-bond acceptors (Lipinski definition) is 6. The van der Waals surface area contributed by atoms with Crippen LogP contribution in [0.15, 0.2) is 36.4 Å². The second kappa shape index (κ2) is 12.2. The van der Waals surface area contributed by atoms with Crippen LogP contribution >= 0.6 is 0 Å². The molecule has 8 nitrogen and oxygen atoms in total. The number of carbonyl (C=O) groups excluding carboxylic acids is 1. The Morgan fingerprint density at radius 1 is 1.09 bits per heavy atom. The van der Waals surface area contributed by atoms with E-state index in [1.54, 1.807) is 25.1 Å². The number of hydrogen-bond donors (Lipinski definition) is 4. The zero-order chi connectivity index (χ0) is 25.4. The van der Waals surface area contributed by atoms with E-state index in [1.807, 2.05) is 26.0 Å². The Morgan fingerprint density at radius 2 is 1.71 bits per heavy atom. The van der Waals surface area contributed by atoms with Crippen LogP contribution in [0, 0.1) is 10.8 Å². The highest BCUT2D eigenvalue weighted by Crippen LogP contribution is 2.34. The predicted octanol–water partition coefficient (Wildman–Crippen LogP) is 4.31. The molecule has 0 aliphatic carbocycles. The number of nitrogens with one attached hydrogen (secondary N) is 3. The van der Waals surface area contributed by atoms with E-state index in [9.17, 15) is 9.90 Å². The molecule has 0 saturated carbocycles. The Bertz CT molecular complexity index is 1010. The number of nitrogens with zero attached hydrogens (tertiary/aromatic N) is 2. The molecule has 0 heterocycles. The van der Waals surface area contributed by atoms with Gasteiger partial charge in [-0.05, 0) is 55.3 Å². The van der Waals surface area contributed by atoms with Gasteiger partial charge in [-0.1, -0.05) is 39.8 Å². The first kappa shape index (κ1) is 26.9. The smallest absolute Gasteiger partial charge is 0.287 e. The summed E-state index contributed by atoms with van der Waals surface area (Å²) in [7, 11) is 1.53. The average molecular weight is 468 g/mol. The van der Waals surface area contributed by atoms with Gasteiger partial charge in [0.2, 0.25) is 0 Å². The number of aromatic hydroxyl groups is 1. The lowest BCUT2D eigenvalue weighted by atomic mass is 9.98. The molecule has 0 radical (unpaired) electrons. The summed E-state index contributed by atoms with van der Waals surface area (Å²) in [6.45, 7) is 13.0. The number of ether oxygens (including phenoxy) is 1. The summed E-state index contributed by atoms with van der Waals surface area (Å²) in [5, 5.41) is 30.8. The number of methoxy groups -OCH3 is 1. The Kier molecular flexibility index (Phi) is 9.62. The van der Waals surface area contributed by atoms with Gasteiger partial charge < -0.3 is 15.2 Å². The molecule has 1 amide bonds. The van der Waals surface area contributed by atoms with Crippen molar-refractivity contribution in [2.75, 3.05) is 31.6 Å². The van der Waals surface area contributed by atoms with Gasteiger partial charge in [0.1, 0.15) is 17.3 Å². The summed E-state index contributed by atoms with van der Waals surface area (Å²) in [6, 6.07) is 10.6. The van der Waals surface area contributed by atoms with Crippen molar-refractivity contribution in [2.24, 2.45) is 0 Å². The summed E-state index contributed by atoms with van der Waals surface area (Å²) in [6.07, 6.45) is 0. The number of carbonyl (C=O) groups is 1. The van der Waals surface area contributed by atoms with Gasteiger partial charge in [-0.3, -0.25) is 25.4 Å². The van der Waals surface area contributed by atoms with E-state index in [1.165, 1.54) is 18.1 Å². The predicted molar refractivity (Wildman–Crippen MR) is 138 cm³/mol. The van der Waals surface area contributed by atoms with Crippen molar-refractivity contribution >= 4 is 23.3 Å². The Labute approximate surface area is 202 Å². The molecular formula is C26H37N5O3. The molecule has 0 aromatic heterocycles. The van der Waals surface area contributed by atoms with Crippen molar-refractivity contribution in [1.82, 2.24) is 10.2 Å². The van der Waals surface area contributed by atoms with E-state index in [0.29, 0.717) is 18.0 Å². The molecule has 184 valence electrons. The highest BCUT2D eigenvalue weighted by molar-refractivity contribution is 6.48. The van der Waals surface area contributed by atoms with Crippen molar-refractivity contribution in [2.45, 2.75) is 47.1 Å². The van der Waals surface area contributed by atoms with Gasteiger partial charge in [0.25, 0.3) is 5.91 Å². The molecule has 0 saturated heterocycles. The van der Waals surface area contributed by atoms with Crippen molar-refractivity contribution in [1.29, 1.82) is 10.8 Å². The van der Waals surface area contributed by atoms with E-state index in [2.05, 4.69) is 24.1 Å². The van der Waals surface area contributed by atoms with Gasteiger partial charge in [0.15, 0.2) is 5.84 Å². The molecule has 0 atom stereocenters. The second-order valence-electron chi connectivity index (χ2n) is 8.29. The number of phenolic OH excluding ortho intramolecular Hbond substituents is 1. The SMILES string of the molecule is CCNC(=O)C(=N)N(C(=N)c1cc(C(C)C)c(OC)cc1O)c1ccc(CN(CC)CC)cc1. The first-order chi connectivity index (χ1) is 16.2. The van der Waals surface area contributed by atoms with Gasteiger partial charge >= 0.3 is 0 Å². The Hall–Kier alpha value is -3.39. The maximum atomic E-state index is 12.6. The molecule has 0 fully saturated rings. The molecule has 2 aromatic rings. The third kappa shape index (κ3) is 6.14. The normalized spacial score (nSPS) is 10.9. The molecule has 0 spiro atoms. The van der Waals surface area contributed by atoms with Gasteiger partial charge in [-0.15, -0.1) is 0 Å². The molecule has 2 aromatic carbocycles. The van der Waals surface area contributed by atoms with Gasteiger partial charge in [-0.2, -0.15) is 0 Å². The fourth-order valence-corrected chi connectivity index (χ4v) is 3.70. The lowest BCUT2D eigenvalue weighted by molar-refractivity contribution is -0.114. The maximum absolute atomic E-state index is 12.6. The first-order valence-corrected chi connectivity index (χ1v) is 11.7. The van der Waals surface area contributed by atoms with Gasteiger partial charge in [-0.25, -0.2) is 0 Å². The van der Waals surface area contributed by atoms with Crippen LogP contribution in [0.2, 0.25) is 0 Å². The topological polar surface area (TPSA) is 113 Å². The quantitative estimate of drug-likeness (QED) is 0.324. The van der Waals surface area contributed by atoms with E-state index in [4.69, 9.17) is 15.6 Å². The second-order valence-corrected chi connectivity index (χ2v) is 8.29. The number of amides is 1. The van der Waals surface area contributed by atoms with E-state index < -0.39 is 11.7 Å². The first-order valence-electron chi connectivity index (χ1n) is 11.7. The molecule has 0 unspecified atom stereocenters. The molecule has 0 aliphatic rings. The van der Waals surface area contributed by atoms with Crippen molar-refractivity contribution in [3.05, 3.63) is 53.1 Å². The largest absolute Gasteiger partial charge is 0.507 e. The molecule has 0 aliphatic heterocycles. The van der Waals surface area contributed by atoms with E-state index in [-0.39, 0.29) is 23.1 Å². The monoisotopic (exact) mass is 467 g/mol. The van der Waals surface area contributed by atoms with Crippen LogP contribution in [0.25, 0.3) is 0 Å². The number of rotatable bonds is 9. The van der Waals surface area contributed by atoms with Crippen LogP contribution in [-0.2, 0) is 11.3 Å². The van der Waals surface area contributed by atoms with Crippen LogP contribution in [0.4, 0.5) is 5.69 Å². The highest BCUT2D eigenvalue weighted by Gasteiger charge is 2.27. The number of likely N-dealkylation sites (N-methyl/N-ethyl adjacent to an activating group) is 1. The summed E-state index contributed by atoms with van der Waals surface area (Å²) in [4.78, 5) is 16.1. The van der Waals surface area contributed by atoms with Crippen LogP contribution in [0.1, 0.15) is 57.2 Å². The number of amidine groups is 2. The summed E-state index contributed by atoms with van der Waals surface area (Å²) >= 11 is 0. The highest BCUT2D eigenvalue weighted by atomic mass is 16.5. The van der Waals surface area contributed by atoms with Crippen LogP contribution < -0.4 is 15.0 Å². The molecule has 2 rings (SSSR count). The molecule has 8 heteroatoms. The molecule has 0 bridgehead atoms. The van der Waals surface area contributed by atoms with Gasteiger partial charge in [0.05, 0.1) is 12.7 Å².